The van der Waals surface area contributed by atoms with Gasteiger partial charge in [-0.15, -0.1) is 24.0 Å². The van der Waals surface area contributed by atoms with Crippen molar-refractivity contribution in [2.24, 2.45) is 47.3 Å². The normalized spacial score (nSPS) is 40.9. The number of alkyl halides is 13. The van der Waals surface area contributed by atoms with Gasteiger partial charge in [0.25, 0.3) is 11.2 Å². The first-order valence-electron chi connectivity index (χ1n) is 12.0. The Balaban J connectivity index is 0.000000186. The number of hydrogen-bond acceptors (Lipinski definition) is 2. The summed E-state index contributed by atoms with van der Waals surface area (Å²) < 4.78 is 164. The van der Waals surface area contributed by atoms with E-state index in [1.54, 1.807) is 0 Å². The molecule has 8 aliphatic rings. The smallest absolute Gasteiger partial charge is 0.354 e. The molecule has 8 bridgehead atoms. The minimum absolute atomic E-state index is 0. The molecule has 8 rings (SSSR count). The minimum atomic E-state index is -5.39. The zero-order valence-corrected chi connectivity index (χ0v) is 25.4. The molecule has 20 heteroatoms. The predicted octanol–water partition coefficient (Wildman–Crippen LogP) is 9.02. The first kappa shape index (κ1) is 36.5. The molecular formula is C21H22AlCl5F12O2. The van der Waals surface area contributed by atoms with Gasteiger partial charge < -0.3 is 9.47 Å². The molecule has 0 spiro atoms. The Labute approximate surface area is 254 Å². The molecule has 0 amide bonds. The Morgan fingerprint density at radius 1 is 0.610 bits per heavy atom. The predicted molar refractivity (Wildman–Crippen MR) is 128 cm³/mol. The summed E-state index contributed by atoms with van der Waals surface area (Å²) in [5.74, 6) is -4.32. The van der Waals surface area contributed by atoms with Gasteiger partial charge in [-0.05, 0) is 61.2 Å². The van der Waals surface area contributed by atoms with Gasteiger partial charge in [-0.1, -0.05) is 0 Å². The third-order valence-electron chi connectivity index (χ3n) is 9.60. The highest BCUT2D eigenvalue weighted by Crippen LogP contribution is 2.83. The zero-order valence-electron chi connectivity index (χ0n) is 20.5. The molecule has 2 aliphatic heterocycles. The lowest BCUT2D eigenvalue weighted by Crippen LogP contribution is -2.62. The number of halogens is 17. The Morgan fingerprint density at radius 3 is 1.39 bits per heavy atom. The van der Waals surface area contributed by atoms with Gasteiger partial charge in [-0.3, -0.25) is 0 Å². The maximum Gasteiger partial charge on any atom is 0.643 e. The second-order valence-electron chi connectivity index (χ2n) is 11.0. The Kier molecular flexibility index (Phi) is 10.1. The van der Waals surface area contributed by atoms with Gasteiger partial charge in [0.05, 0.1) is 12.2 Å². The minimum Gasteiger partial charge on any atom is -0.354 e. The molecule has 2 saturated heterocycles. The second kappa shape index (κ2) is 11.4. The number of ether oxygens (including phenoxy) is 2. The summed E-state index contributed by atoms with van der Waals surface area (Å²) in [5, 5.41) is 0. The van der Waals surface area contributed by atoms with Crippen LogP contribution in [0.4, 0.5) is 52.7 Å². The van der Waals surface area contributed by atoms with Crippen LogP contribution in [0, 0.1) is 47.3 Å². The molecule has 2 nitrogen and oxygen atoms in total. The lowest BCUT2D eigenvalue weighted by atomic mass is 9.78. The van der Waals surface area contributed by atoms with Crippen molar-refractivity contribution in [3.05, 3.63) is 0 Å². The van der Waals surface area contributed by atoms with Crippen LogP contribution in [-0.2, 0) is 9.47 Å². The number of rotatable bonds is 0. The first-order chi connectivity index (χ1) is 18.1. The van der Waals surface area contributed by atoms with E-state index in [9.17, 15) is 52.7 Å². The van der Waals surface area contributed by atoms with E-state index in [4.69, 9.17) is 30.1 Å². The third-order valence-corrected chi connectivity index (χ3v) is 9.60. The van der Waals surface area contributed by atoms with Crippen LogP contribution in [0.25, 0.3) is 0 Å². The van der Waals surface area contributed by atoms with Crippen LogP contribution in [-0.4, -0.2) is 65.9 Å². The van der Waals surface area contributed by atoms with E-state index < -0.39 is 89.1 Å². The maximum absolute atomic E-state index is 12.9. The Bertz CT molecular complexity index is 896. The molecular weight excluding hydrogens is 716 g/mol. The average Bonchev–Trinajstić information content (AvgIpc) is 3.40. The van der Waals surface area contributed by atoms with Crippen LogP contribution in [0.2, 0.25) is 0 Å². The molecule has 10 atom stereocenters. The van der Waals surface area contributed by atoms with Crippen LogP contribution in [0.1, 0.15) is 25.7 Å². The molecule has 41 heavy (non-hydrogen) atoms. The third kappa shape index (κ3) is 5.27. The second-order valence-corrected chi connectivity index (χ2v) is 17.5. The molecule has 0 radical (unpaired) electrons. The fraction of sp³-hybridized carbons (Fsp3) is 1.00. The van der Waals surface area contributed by atoms with Gasteiger partial charge in [0.15, 0.2) is 0 Å². The maximum atomic E-state index is 12.9. The quantitative estimate of drug-likeness (QED) is 0.140. The molecule has 8 fully saturated rings. The van der Waals surface area contributed by atoms with Crippen LogP contribution in [0.5, 0.6) is 0 Å². The molecule has 240 valence electrons. The van der Waals surface area contributed by atoms with E-state index in [2.05, 4.69) is 21.1 Å². The molecule has 0 aromatic carbocycles. The highest BCUT2D eigenvalue weighted by Gasteiger charge is 2.92. The topological polar surface area (TPSA) is 18.5 Å². The Hall–Kier alpha value is 1.06. The van der Waals surface area contributed by atoms with Gasteiger partial charge in [-0.2, -0.15) is 52.7 Å². The summed E-state index contributed by atoms with van der Waals surface area (Å²) in [4.78, 5) is 0. The molecule has 0 N–H and O–H groups in total. The van der Waals surface area contributed by atoms with Crippen molar-refractivity contribution in [1.29, 1.82) is 0 Å². The molecule has 6 aliphatic carbocycles. The van der Waals surface area contributed by atoms with Crippen molar-refractivity contribution in [1.82, 2.24) is 0 Å². The summed E-state index contributed by atoms with van der Waals surface area (Å²) >= 11 is 2.92. The fourth-order valence-electron chi connectivity index (χ4n) is 8.71. The summed E-state index contributed by atoms with van der Waals surface area (Å²) in [5.41, 5.74) is -7.80. The SMILES string of the molecule is CCl.Cl.FC(F)(F)C1(C(F)(F)F)OC2C3CC4C2C4C31.FC(F)(F)C1(C(F)(F)F)OC2CC3CC2C1C3.[Cl][Al]([Cl])[Cl]. The van der Waals surface area contributed by atoms with Crippen LogP contribution < -0.4 is 0 Å². The highest BCUT2D eigenvalue weighted by molar-refractivity contribution is 7.54. The van der Waals surface area contributed by atoms with Crippen LogP contribution in [0.3, 0.4) is 0 Å². The lowest BCUT2D eigenvalue weighted by molar-refractivity contribution is -0.393. The van der Waals surface area contributed by atoms with Crippen molar-refractivity contribution >= 4 is 65.5 Å². The van der Waals surface area contributed by atoms with Crippen molar-refractivity contribution in [3.63, 3.8) is 0 Å². The van der Waals surface area contributed by atoms with Crippen LogP contribution in [0.15, 0.2) is 0 Å². The zero-order chi connectivity index (χ0) is 30.6. The molecule has 6 saturated carbocycles. The van der Waals surface area contributed by atoms with E-state index in [-0.39, 0.29) is 36.6 Å². The van der Waals surface area contributed by atoms with Crippen molar-refractivity contribution in [2.75, 3.05) is 6.38 Å². The van der Waals surface area contributed by atoms with Crippen molar-refractivity contribution in [3.8, 4) is 0 Å². The summed E-state index contributed by atoms with van der Waals surface area (Å²) in [6.45, 7) is 0. The molecule has 0 aromatic rings. The lowest BCUT2D eigenvalue weighted by Gasteiger charge is -2.39. The average molecular weight is 739 g/mol. The monoisotopic (exact) mass is 736 g/mol. The largest absolute Gasteiger partial charge is 0.643 e. The van der Waals surface area contributed by atoms with E-state index in [0.29, 0.717) is 19.3 Å². The summed E-state index contributed by atoms with van der Waals surface area (Å²) in [6, 6.07) is 0. The van der Waals surface area contributed by atoms with E-state index >= 15 is 0 Å². The summed E-state index contributed by atoms with van der Waals surface area (Å²) in [6.07, 6.45) is -20.4. The highest BCUT2D eigenvalue weighted by atomic mass is 35.8. The summed E-state index contributed by atoms with van der Waals surface area (Å²) in [7, 11) is 14.8. The first-order valence-corrected chi connectivity index (χ1v) is 18.0. The molecule has 0 aromatic heterocycles. The molecule has 10 unspecified atom stereocenters. The van der Waals surface area contributed by atoms with Crippen molar-refractivity contribution in [2.45, 2.75) is 73.8 Å². The van der Waals surface area contributed by atoms with Gasteiger partial charge in [-0.25, -0.2) is 30.1 Å². The van der Waals surface area contributed by atoms with Crippen LogP contribution >= 0.6 is 54.2 Å². The molecule has 2 heterocycles. The van der Waals surface area contributed by atoms with Gasteiger partial charge in [0.1, 0.15) is 0 Å². The fourth-order valence-corrected chi connectivity index (χ4v) is 8.71. The van der Waals surface area contributed by atoms with Crippen molar-refractivity contribution < 1.29 is 62.2 Å². The van der Waals surface area contributed by atoms with Gasteiger partial charge in [0.2, 0.25) is 0 Å². The number of fused-ring (bicyclic) bond motifs is 1. The standard InChI is InChI=1S/C10H8F6O.C10H10F6O.CH3Cl.Al.4ClH/c11-9(12,13)8(10(14,15)16)6-3-1-2-4(6)5(2)7(3)17-8;11-9(12,13)8(10(14,15)16)6-2-4-1-5(6)7(3-4)17-8;1-2;;;;;/h2-7H,1H2;4-7H,1-3H2;1H3;;4*1H/q;;;+3;;;;/p-3. The number of hydrogen-bond donors (Lipinski definition) is 0. The Morgan fingerprint density at radius 2 is 1.07 bits per heavy atom. The van der Waals surface area contributed by atoms with Gasteiger partial charge in [0, 0.05) is 18.2 Å². The van der Waals surface area contributed by atoms with E-state index in [0.717, 1.165) is 0 Å². The van der Waals surface area contributed by atoms with E-state index in [1.165, 1.54) is 6.38 Å². The van der Waals surface area contributed by atoms with E-state index in [1.807, 2.05) is 0 Å². The van der Waals surface area contributed by atoms with Gasteiger partial charge >= 0.3 is 36.1 Å².